The number of aromatic nitrogens is 4. The average Bonchev–Trinajstić information content (AvgIpc) is 3.85. The number of nitrogens with one attached hydrogen (secondary N) is 5. The molecule has 0 aliphatic carbocycles. The summed E-state index contributed by atoms with van der Waals surface area (Å²) in [4.78, 5) is 55.2. The minimum Gasteiger partial charge on any atom is -0.497 e. The van der Waals surface area contributed by atoms with Crippen LogP contribution in [-0.2, 0) is 19.1 Å². The summed E-state index contributed by atoms with van der Waals surface area (Å²) in [5.74, 6) is 1.76. The van der Waals surface area contributed by atoms with Crippen LogP contribution in [0.1, 0.15) is 46.5 Å². The molecule has 8 N–H and O–H groups in total. The largest absolute Gasteiger partial charge is 0.497 e. The number of H-pyrrole nitrogens is 2. The first-order valence-corrected chi connectivity index (χ1v) is 19.5. The first kappa shape index (κ1) is 57.6. The van der Waals surface area contributed by atoms with Crippen molar-refractivity contribution in [3.8, 4) is 11.5 Å². The van der Waals surface area contributed by atoms with E-state index in [1.807, 2.05) is 57.2 Å². The number of aromatic amines is 2. The van der Waals surface area contributed by atoms with Gasteiger partial charge >= 0.3 is 30.6 Å². The van der Waals surface area contributed by atoms with Crippen LogP contribution >= 0.6 is 0 Å². The van der Waals surface area contributed by atoms with E-state index in [9.17, 15) is 44.3 Å². The zero-order chi connectivity index (χ0) is 50.3. The van der Waals surface area contributed by atoms with Crippen molar-refractivity contribution in [3.05, 3.63) is 36.4 Å². The number of carbonyl (C=O) groups excluding carboxylic acids is 1. The summed E-state index contributed by atoms with van der Waals surface area (Å²) < 4.78 is 110. The second-order valence-corrected chi connectivity index (χ2v) is 14.8. The van der Waals surface area contributed by atoms with E-state index in [-0.39, 0.29) is 19.0 Å². The molecular formula is C39H53F9N8O10. The number of likely N-dealkylation sites (tertiary alicyclic amines) is 1. The van der Waals surface area contributed by atoms with Crippen molar-refractivity contribution in [2.75, 3.05) is 64.1 Å². The van der Waals surface area contributed by atoms with E-state index in [2.05, 4.69) is 35.9 Å². The van der Waals surface area contributed by atoms with Gasteiger partial charge in [-0.3, -0.25) is 9.59 Å². The number of methoxy groups -OCH3 is 2. The Labute approximate surface area is 371 Å². The Kier molecular flexibility index (Phi) is 23.7. The van der Waals surface area contributed by atoms with Crippen molar-refractivity contribution < 1.29 is 88.2 Å². The summed E-state index contributed by atoms with van der Waals surface area (Å²) in [6.45, 7) is 10.7. The molecule has 4 aromatic rings. The number of rotatable bonds is 8. The number of hydrogen-bond donors (Lipinski definition) is 8. The van der Waals surface area contributed by atoms with Gasteiger partial charge in [0.15, 0.2) is 0 Å². The van der Waals surface area contributed by atoms with Gasteiger partial charge in [0, 0.05) is 38.3 Å². The fourth-order valence-electron chi connectivity index (χ4n) is 5.61. The molecule has 2 aliphatic heterocycles. The molecule has 0 atom stereocenters. The number of anilines is 2. The monoisotopic (exact) mass is 964 g/mol. The molecule has 2 saturated heterocycles. The lowest BCUT2D eigenvalue weighted by Gasteiger charge is -2.33. The lowest BCUT2D eigenvalue weighted by molar-refractivity contribution is -0.339. The Hall–Kier alpha value is -6.41. The Morgan fingerprint density at radius 3 is 1.41 bits per heavy atom. The van der Waals surface area contributed by atoms with Gasteiger partial charge in [-0.1, -0.05) is 0 Å². The maximum Gasteiger partial charge on any atom is 0.490 e. The molecule has 2 aromatic carbocycles. The lowest BCUT2D eigenvalue weighted by Crippen LogP contribution is -2.42. The molecule has 372 valence electrons. The molecule has 0 spiro atoms. The van der Waals surface area contributed by atoms with Crippen LogP contribution in [0.15, 0.2) is 36.4 Å². The van der Waals surface area contributed by atoms with Gasteiger partial charge in [-0.25, -0.2) is 19.6 Å². The number of nitrogens with zero attached hydrogens (tertiary/aromatic N) is 3. The quantitative estimate of drug-likeness (QED) is 0.0621. The molecule has 4 heterocycles. The van der Waals surface area contributed by atoms with Crippen LogP contribution in [0.4, 0.5) is 56.2 Å². The van der Waals surface area contributed by atoms with Gasteiger partial charge in [0.05, 0.1) is 36.3 Å². The van der Waals surface area contributed by atoms with E-state index in [1.54, 1.807) is 19.1 Å². The zero-order valence-corrected chi connectivity index (χ0v) is 36.3. The molecule has 2 aliphatic rings. The zero-order valence-electron chi connectivity index (χ0n) is 36.3. The maximum atomic E-state index is 12.1. The number of hydrogen-bond acceptors (Lipinski definition) is 12. The van der Waals surface area contributed by atoms with Crippen LogP contribution in [0.25, 0.3) is 22.1 Å². The molecule has 0 saturated carbocycles. The summed E-state index contributed by atoms with van der Waals surface area (Å²) >= 11 is 0. The summed E-state index contributed by atoms with van der Waals surface area (Å²) in [5, 5.41) is 31.1. The van der Waals surface area contributed by atoms with Crippen LogP contribution in [0, 0.1) is 11.8 Å². The van der Waals surface area contributed by atoms with Gasteiger partial charge in [0.1, 0.15) is 17.1 Å². The van der Waals surface area contributed by atoms with Crippen molar-refractivity contribution in [1.82, 2.24) is 30.2 Å². The predicted molar refractivity (Wildman–Crippen MR) is 222 cm³/mol. The summed E-state index contributed by atoms with van der Waals surface area (Å²) in [7, 11) is 3.33. The minimum absolute atomic E-state index is 0.213. The van der Waals surface area contributed by atoms with Crippen molar-refractivity contribution in [3.63, 3.8) is 0 Å². The minimum atomic E-state index is -6.06. The number of aliphatic carboxylic acids is 1. The second-order valence-electron chi connectivity index (χ2n) is 14.8. The third-order valence-corrected chi connectivity index (χ3v) is 8.78. The average molecular weight is 965 g/mol. The van der Waals surface area contributed by atoms with Gasteiger partial charge in [-0.05, 0) is 95.6 Å². The van der Waals surface area contributed by atoms with E-state index in [1.165, 1.54) is 12.8 Å². The number of carboxylic acids is 1. The van der Waals surface area contributed by atoms with Crippen LogP contribution in [0.5, 0.6) is 11.5 Å². The molecule has 18 nitrogen and oxygen atoms in total. The number of ether oxygens (including phenoxy) is 3. The number of piperidine rings is 2. The standard InChI is InChI=1S/C19H28N4O3.C14H20N4O.C2F6.C2HF3O2.2CH2O2/c1-19(2,3)26-18(24)23-9-7-13(8-10-23)12-20-17-21-15-6-5-14(25-4)11-16(15)22-17;1-19-11-2-3-12-13(8-11)18-14(17-12)16-9-10-4-6-15-7-5-10;3-1(4,5)2(6,7)8;3-2(4,5)1(6)7;2*2-1-3/h5-6,11,13H,7-10,12H2,1-4H3,(H2,20,21,22);2-3,8,10,15H,4-7,9H2,1H3,(H2,16,17,18);;(H,6,7);2*1H,(H,2,3). The fourth-order valence-corrected chi connectivity index (χ4v) is 5.61. The van der Waals surface area contributed by atoms with Crippen molar-refractivity contribution >= 4 is 59.0 Å². The number of halogens is 9. The van der Waals surface area contributed by atoms with E-state index in [0.29, 0.717) is 5.92 Å². The van der Waals surface area contributed by atoms with Crippen LogP contribution < -0.4 is 25.4 Å². The molecule has 2 aromatic heterocycles. The number of fused-ring (bicyclic) bond motifs is 2. The third-order valence-electron chi connectivity index (χ3n) is 8.78. The molecule has 2 fully saturated rings. The highest BCUT2D eigenvalue weighted by molar-refractivity contribution is 5.80. The Balaban J connectivity index is 0.000000473. The topological polar surface area (TPSA) is 253 Å². The van der Waals surface area contributed by atoms with Crippen molar-refractivity contribution in [2.45, 2.75) is 70.6 Å². The smallest absolute Gasteiger partial charge is 0.490 e. The Morgan fingerprint density at radius 1 is 0.727 bits per heavy atom. The normalized spacial score (nSPS) is 14.4. The lowest BCUT2D eigenvalue weighted by atomic mass is 9.97. The van der Waals surface area contributed by atoms with Gasteiger partial charge in [0.2, 0.25) is 11.9 Å². The highest BCUT2D eigenvalue weighted by Crippen LogP contribution is 2.36. The van der Waals surface area contributed by atoms with Gasteiger partial charge < -0.3 is 60.3 Å². The molecule has 1 amide bonds. The fraction of sp³-hybridized carbons (Fsp3) is 0.538. The highest BCUT2D eigenvalue weighted by Gasteiger charge is 2.58. The molecular weight excluding hydrogens is 911 g/mol. The van der Waals surface area contributed by atoms with Crippen LogP contribution in [0.3, 0.4) is 0 Å². The van der Waals surface area contributed by atoms with Crippen LogP contribution in [-0.4, -0.2) is 143 Å². The summed E-state index contributed by atoms with van der Waals surface area (Å²) in [5.41, 5.74) is 3.39. The van der Waals surface area contributed by atoms with Crippen molar-refractivity contribution in [1.29, 1.82) is 0 Å². The first-order chi connectivity index (χ1) is 30.7. The number of carbonyl (C=O) groups is 4. The van der Waals surface area contributed by atoms with Crippen molar-refractivity contribution in [2.24, 2.45) is 11.8 Å². The number of carboxylic acid groups (broad SMARTS) is 3. The third kappa shape index (κ3) is 22.0. The Morgan fingerprint density at radius 2 is 1.09 bits per heavy atom. The molecule has 66 heavy (non-hydrogen) atoms. The summed E-state index contributed by atoms with van der Waals surface area (Å²) in [6, 6.07) is 11.7. The van der Waals surface area contributed by atoms with E-state index in [0.717, 1.165) is 103 Å². The van der Waals surface area contributed by atoms with Gasteiger partial charge in [-0.15, -0.1) is 0 Å². The molecule has 0 unspecified atom stereocenters. The number of imidazole rings is 2. The molecule has 0 radical (unpaired) electrons. The second kappa shape index (κ2) is 27.2. The van der Waals surface area contributed by atoms with Crippen LogP contribution in [0.2, 0.25) is 0 Å². The summed E-state index contributed by atoms with van der Waals surface area (Å²) in [6.07, 6.45) is -13.0. The first-order valence-electron chi connectivity index (χ1n) is 19.5. The predicted octanol–water partition coefficient (Wildman–Crippen LogP) is 7.76. The number of benzene rings is 2. The SMILES string of the molecule is COc1ccc2nc(NCC3CCN(C(=O)OC(C)(C)C)CC3)[nH]c2c1.COc1ccc2nc(NCC3CCNCC3)[nH]c2c1.FC(F)(F)C(F)(F)F.O=C(O)C(F)(F)F.O=CO.O=CO. The van der Waals surface area contributed by atoms with E-state index < -0.39 is 30.1 Å². The van der Waals surface area contributed by atoms with E-state index >= 15 is 0 Å². The highest BCUT2D eigenvalue weighted by atomic mass is 19.5. The molecule has 27 heteroatoms. The maximum absolute atomic E-state index is 12.1. The molecule has 6 rings (SSSR count). The van der Waals surface area contributed by atoms with E-state index in [4.69, 9.17) is 43.9 Å². The number of amides is 1. The Bertz CT molecular complexity index is 2040. The number of alkyl halides is 9. The molecule has 0 bridgehead atoms. The van der Waals surface area contributed by atoms with Gasteiger partial charge in [0.25, 0.3) is 12.9 Å². The van der Waals surface area contributed by atoms with Gasteiger partial charge in [-0.2, -0.15) is 39.5 Å².